The molecule has 0 aromatic heterocycles. The van der Waals surface area contributed by atoms with Gasteiger partial charge in [-0.3, -0.25) is 0 Å². The molecule has 0 atom stereocenters. The molecule has 0 aliphatic heterocycles. The summed E-state index contributed by atoms with van der Waals surface area (Å²) in [5.74, 6) is -3.01. The van der Waals surface area contributed by atoms with Crippen molar-refractivity contribution in [1.82, 2.24) is 0 Å². The molecule has 0 N–H and O–H groups in total. The molecule has 0 amide bonds. The Bertz CT molecular complexity index is 1490. The second kappa shape index (κ2) is 10.3. The molecule has 0 bridgehead atoms. The van der Waals surface area contributed by atoms with Crippen LogP contribution < -0.4 is 4.74 Å². The highest BCUT2D eigenvalue weighted by atomic mass is 19.2. The summed E-state index contributed by atoms with van der Waals surface area (Å²) in [5.41, 5.74) is -0.417. The maximum atomic E-state index is 14.6. The predicted molar refractivity (Wildman–Crippen MR) is 121 cm³/mol. The number of hydrogen-bond donors (Lipinski definition) is 0. The zero-order valence-corrected chi connectivity index (χ0v) is 18.8. The van der Waals surface area contributed by atoms with Crippen molar-refractivity contribution in [2.75, 3.05) is 6.61 Å². The number of benzene rings is 4. The van der Waals surface area contributed by atoms with Gasteiger partial charge in [-0.1, -0.05) is 17.9 Å². The Labute approximate surface area is 202 Å². The number of fused-ring (bicyclic) bond motifs is 1. The lowest BCUT2D eigenvalue weighted by Gasteiger charge is -2.09. The Morgan fingerprint density at radius 1 is 0.667 bits per heavy atom. The summed E-state index contributed by atoms with van der Waals surface area (Å²) >= 11 is 0. The van der Waals surface area contributed by atoms with Crippen LogP contribution in [0, 0.1) is 52.6 Å². The Balaban J connectivity index is 1.55. The smallest absolute Gasteiger partial charge is 0.195 e. The highest BCUT2D eigenvalue weighted by Gasteiger charge is 2.15. The van der Waals surface area contributed by atoms with Gasteiger partial charge in [-0.05, 0) is 61.0 Å². The average Bonchev–Trinajstić information content (AvgIpc) is 2.81. The van der Waals surface area contributed by atoms with Crippen molar-refractivity contribution >= 4 is 10.8 Å². The maximum absolute atomic E-state index is 14.6. The molecule has 4 rings (SSSR count). The fraction of sp³-hybridized carbons (Fsp3) is 0.143. The third-order valence-corrected chi connectivity index (χ3v) is 5.50. The molecule has 0 unspecified atom stereocenters. The fourth-order valence-electron chi connectivity index (χ4n) is 3.74. The van der Waals surface area contributed by atoms with Crippen LogP contribution in [0.3, 0.4) is 0 Å². The molecule has 0 spiro atoms. The summed E-state index contributed by atoms with van der Waals surface area (Å²) in [7, 11) is 0. The first kappa shape index (κ1) is 25.1. The van der Waals surface area contributed by atoms with Crippen LogP contribution in [0.15, 0.2) is 48.5 Å². The SMILES string of the molecule is CCOc1cc(F)c(CCc2cc(F)c(C#Cc3ccc4c(F)c(F)c(F)cc4c3)c(F)c2)c(F)c1. The van der Waals surface area contributed by atoms with Gasteiger partial charge in [0.05, 0.1) is 12.2 Å². The second-order valence-electron chi connectivity index (χ2n) is 7.91. The molecule has 36 heavy (non-hydrogen) atoms. The van der Waals surface area contributed by atoms with Crippen molar-refractivity contribution in [1.29, 1.82) is 0 Å². The molecule has 0 aliphatic rings. The molecule has 4 aromatic rings. The third kappa shape index (κ3) is 5.15. The Morgan fingerprint density at radius 2 is 1.33 bits per heavy atom. The van der Waals surface area contributed by atoms with Crippen molar-refractivity contribution in [2.24, 2.45) is 0 Å². The van der Waals surface area contributed by atoms with Crippen molar-refractivity contribution in [3.05, 3.63) is 112 Å². The fourth-order valence-corrected chi connectivity index (χ4v) is 3.74. The summed E-state index contributed by atoms with van der Waals surface area (Å²) in [6.45, 7) is 1.91. The monoisotopic (exact) mass is 502 g/mol. The molecular weight excluding hydrogens is 485 g/mol. The molecule has 0 heterocycles. The normalized spacial score (nSPS) is 10.9. The molecule has 0 saturated carbocycles. The summed E-state index contributed by atoms with van der Waals surface area (Å²) in [6, 6.07) is 8.69. The summed E-state index contributed by atoms with van der Waals surface area (Å²) in [6.07, 6.45) is -0.180. The predicted octanol–water partition coefficient (Wildman–Crippen LogP) is 7.40. The van der Waals surface area contributed by atoms with Crippen LogP contribution in [0.5, 0.6) is 5.75 Å². The summed E-state index contributed by atoms with van der Waals surface area (Å²) < 4.78 is 103. The first-order valence-electron chi connectivity index (χ1n) is 10.9. The highest BCUT2D eigenvalue weighted by molar-refractivity contribution is 5.84. The highest BCUT2D eigenvalue weighted by Crippen LogP contribution is 2.25. The summed E-state index contributed by atoms with van der Waals surface area (Å²) in [4.78, 5) is 0. The van der Waals surface area contributed by atoms with Crippen molar-refractivity contribution < 1.29 is 35.5 Å². The van der Waals surface area contributed by atoms with Gasteiger partial charge in [-0.15, -0.1) is 0 Å². The zero-order chi connectivity index (χ0) is 26.0. The van der Waals surface area contributed by atoms with Crippen LogP contribution in [0.25, 0.3) is 10.8 Å². The lowest BCUT2D eigenvalue weighted by Crippen LogP contribution is -2.02. The first-order chi connectivity index (χ1) is 17.2. The van der Waals surface area contributed by atoms with E-state index in [9.17, 15) is 30.7 Å². The van der Waals surface area contributed by atoms with Gasteiger partial charge in [0.25, 0.3) is 0 Å². The van der Waals surface area contributed by atoms with E-state index in [-0.39, 0.29) is 52.7 Å². The summed E-state index contributed by atoms with van der Waals surface area (Å²) in [5, 5.41) is -0.134. The quantitative estimate of drug-likeness (QED) is 0.157. The Kier molecular flexibility index (Phi) is 7.20. The third-order valence-electron chi connectivity index (χ3n) is 5.50. The van der Waals surface area contributed by atoms with Crippen LogP contribution in [0.2, 0.25) is 0 Å². The first-order valence-corrected chi connectivity index (χ1v) is 10.9. The van der Waals surface area contributed by atoms with Crippen molar-refractivity contribution in [3.63, 3.8) is 0 Å². The number of halogens is 7. The minimum absolute atomic E-state index is 0.0308. The minimum Gasteiger partial charge on any atom is -0.494 e. The number of hydrogen-bond acceptors (Lipinski definition) is 1. The van der Waals surface area contributed by atoms with E-state index in [2.05, 4.69) is 11.8 Å². The van der Waals surface area contributed by atoms with Crippen LogP contribution in [-0.2, 0) is 12.8 Å². The van der Waals surface area contributed by atoms with Gasteiger partial charge in [0, 0.05) is 28.6 Å². The van der Waals surface area contributed by atoms with E-state index in [0.29, 0.717) is 0 Å². The van der Waals surface area contributed by atoms with E-state index in [1.807, 2.05) is 0 Å². The van der Waals surface area contributed by atoms with Gasteiger partial charge in [-0.25, -0.2) is 30.7 Å². The van der Waals surface area contributed by atoms with Gasteiger partial charge >= 0.3 is 0 Å². The molecule has 184 valence electrons. The number of aryl methyl sites for hydroxylation is 1. The Morgan fingerprint density at radius 3 is 1.97 bits per heavy atom. The standard InChI is InChI=1S/C28H17F7O/c1-2-36-18-13-24(31)21(25(32)14-18)8-5-16-10-22(29)20(23(30)11-16)7-4-15-3-6-19-17(9-15)12-26(33)28(35)27(19)34/h3,6,9-14H,2,5,8H2,1H3. The van der Waals surface area contributed by atoms with E-state index in [0.717, 1.165) is 30.3 Å². The lowest BCUT2D eigenvalue weighted by atomic mass is 10.0. The molecule has 8 heteroatoms. The largest absolute Gasteiger partial charge is 0.494 e. The van der Waals surface area contributed by atoms with Crippen molar-refractivity contribution in [3.8, 4) is 17.6 Å². The molecule has 1 nitrogen and oxygen atoms in total. The average molecular weight is 502 g/mol. The lowest BCUT2D eigenvalue weighted by molar-refractivity contribution is 0.335. The van der Waals surface area contributed by atoms with Gasteiger partial charge < -0.3 is 4.74 Å². The van der Waals surface area contributed by atoms with E-state index >= 15 is 0 Å². The van der Waals surface area contributed by atoms with Gasteiger partial charge in [0.15, 0.2) is 17.5 Å². The Hall–Kier alpha value is -3.99. The van der Waals surface area contributed by atoms with Crippen molar-refractivity contribution in [2.45, 2.75) is 19.8 Å². The van der Waals surface area contributed by atoms with Gasteiger partial charge in [0.2, 0.25) is 0 Å². The molecule has 4 aromatic carbocycles. The maximum Gasteiger partial charge on any atom is 0.195 e. The molecule has 0 radical (unpaired) electrons. The topological polar surface area (TPSA) is 9.23 Å². The zero-order valence-electron chi connectivity index (χ0n) is 18.8. The van der Waals surface area contributed by atoms with Gasteiger partial charge in [-0.2, -0.15) is 0 Å². The van der Waals surface area contributed by atoms with E-state index in [1.165, 1.54) is 18.2 Å². The molecule has 0 aliphatic carbocycles. The van der Waals surface area contributed by atoms with Crippen LogP contribution in [0.1, 0.15) is 29.2 Å². The van der Waals surface area contributed by atoms with Crippen LogP contribution in [-0.4, -0.2) is 6.61 Å². The van der Waals surface area contributed by atoms with Gasteiger partial charge in [0.1, 0.15) is 29.0 Å². The number of rotatable bonds is 5. The van der Waals surface area contributed by atoms with Crippen LogP contribution >= 0.6 is 0 Å². The molecule has 0 fully saturated rings. The van der Waals surface area contributed by atoms with E-state index in [4.69, 9.17) is 4.74 Å². The molecule has 0 saturated heterocycles. The minimum atomic E-state index is -1.60. The van der Waals surface area contributed by atoms with E-state index < -0.39 is 46.3 Å². The second-order valence-corrected chi connectivity index (χ2v) is 7.91. The number of ether oxygens (including phenoxy) is 1. The van der Waals surface area contributed by atoms with Crippen LogP contribution in [0.4, 0.5) is 30.7 Å². The van der Waals surface area contributed by atoms with E-state index in [1.54, 1.807) is 6.92 Å². The molecular formula is C28H17F7O.